The van der Waals surface area contributed by atoms with Gasteiger partial charge in [-0.15, -0.1) is 0 Å². The molecule has 37 heavy (non-hydrogen) atoms. The summed E-state index contributed by atoms with van der Waals surface area (Å²) in [6.07, 6.45) is 11.0. The van der Waals surface area contributed by atoms with Crippen LogP contribution in [0, 0.1) is 0 Å². The van der Waals surface area contributed by atoms with E-state index in [1.165, 1.54) is 11.8 Å². The van der Waals surface area contributed by atoms with Crippen molar-refractivity contribution in [3.63, 3.8) is 0 Å². The highest BCUT2D eigenvalue weighted by Gasteiger charge is 2.20. The number of H-pyrrole nitrogens is 2. The molecule has 4 heterocycles. The SMILES string of the molecule is CSc1ncc(-c2ccccc2CNc2cc(=NC3CC3)n3ncc(=Cc4[nH]c(=O)[nH]c4O)c3n2)cn1. The smallest absolute Gasteiger partial charge is 0.326 e. The topological polar surface area (TPSA) is 149 Å². The summed E-state index contributed by atoms with van der Waals surface area (Å²) in [5, 5.41) is 19.2. The van der Waals surface area contributed by atoms with Gasteiger partial charge >= 0.3 is 5.69 Å². The molecule has 0 unspecified atom stereocenters. The molecule has 11 nitrogen and oxygen atoms in total. The molecule has 1 saturated carbocycles. The first-order valence-corrected chi connectivity index (χ1v) is 12.9. The molecule has 6 rings (SSSR count). The standard InChI is InChI=1S/C25H23N9O2S/c1-37-25-27-11-16(12-28-25)18-5-3-2-4-14(18)10-26-20-9-21(30-17-6-7-17)34-22(32-20)15(13-29-34)8-19-23(35)33-24(36)31-19/h2-5,8-9,11-13,17,26,35H,6-7,10H2,1H3,(H2,31,33,36). The molecule has 186 valence electrons. The molecule has 4 aromatic heterocycles. The van der Waals surface area contributed by atoms with Gasteiger partial charge in [0.1, 0.15) is 11.5 Å². The summed E-state index contributed by atoms with van der Waals surface area (Å²) in [5.41, 5.74) is 4.06. The molecule has 0 atom stereocenters. The van der Waals surface area contributed by atoms with E-state index in [0.29, 0.717) is 28.7 Å². The van der Waals surface area contributed by atoms with Crippen molar-refractivity contribution in [2.75, 3.05) is 11.6 Å². The number of benzene rings is 1. The lowest BCUT2D eigenvalue weighted by atomic mass is 10.0. The molecule has 1 aliphatic carbocycles. The van der Waals surface area contributed by atoms with E-state index in [9.17, 15) is 9.90 Å². The van der Waals surface area contributed by atoms with Crippen molar-refractivity contribution < 1.29 is 5.11 Å². The Labute approximate surface area is 214 Å². The van der Waals surface area contributed by atoms with Gasteiger partial charge in [0.15, 0.2) is 16.3 Å². The number of thioether (sulfide) groups is 1. The minimum Gasteiger partial charge on any atom is -0.493 e. The van der Waals surface area contributed by atoms with Crippen LogP contribution in [0.5, 0.6) is 5.88 Å². The fourth-order valence-electron chi connectivity index (χ4n) is 3.99. The zero-order valence-corrected chi connectivity index (χ0v) is 20.7. The first-order valence-electron chi connectivity index (χ1n) is 11.7. The van der Waals surface area contributed by atoms with E-state index in [2.05, 4.69) is 36.4 Å². The lowest BCUT2D eigenvalue weighted by Crippen LogP contribution is -2.20. The fraction of sp³-hybridized carbons (Fsp3) is 0.200. The Morgan fingerprint density at radius 3 is 2.76 bits per heavy atom. The Kier molecular flexibility index (Phi) is 5.93. The van der Waals surface area contributed by atoms with E-state index in [-0.39, 0.29) is 17.6 Å². The Morgan fingerprint density at radius 2 is 2.03 bits per heavy atom. The van der Waals surface area contributed by atoms with E-state index in [4.69, 9.17) is 9.98 Å². The van der Waals surface area contributed by atoms with Crippen LogP contribution in [0.4, 0.5) is 5.82 Å². The van der Waals surface area contributed by atoms with Crippen LogP contribution >= 0.6 is 11.8 Å². The van der Waals surface area contributed by atoms with Gasteiger partial charge in [-0.2, -0.15) is 9.61 Å². The maximum Gasteiger partial charge on any atom is 0.326 e. The summed E-state index contributed by atoms with van der Waals surface area (Å²) in [6, 6.07) is 10.3. The van der Waals surface area contributed by atoms with Crippen molar-refractivity contribution in [2.45, 2.75) is 30.6 Å². The second kappa shape index (κ2) is 9.54. The van der Waals surface area contributed by atoms with Gasteiger partial charge in [-0.3, -0.25) is 9.98 Å². The van der Waals surface area contributed by atoms with Gasteiger partial charge in [-0.1, -0.05) is 36.0 Å². The quantitative estimate of drug-likeness (QED) is 0.190. The van der Waals surface area contributed by atoms with Crippen LogP contribution < -0.4 is 21.7 Å². The lowest BCUT2D eigenvalue weighted by molar-refractivity contribution is 0.454. The maximum absolute atomic E-state index is 11.6. The largest absolute Gasteiger partial charge is 0.493 e. The van der Waals surface area contributed by atoms with E-state index in [1.807, 2.05) is 42.9 Å². The van der Waals surface area contributed by atoms with Gasteiger partial charge in [0.2, 0.25) is 5.88 Å². The normalized spacial score (nSPS) is 14.5. The first kappa shape index (κ1) is 23.0. The number of aromatic hydroxyl groups is 1. The number of aromatic nitrogens is 7. The van der Waals surface area contributed by atoms with Crippen LogP contribution in [0.15, 0.2) is 63.9 Å². The number of rotatable bonds is 7. The first-order chi connectivity index (χ1) is 18.1. The van der Waals surface area contributed by atoms with E-state index in [1.54, 1.807) is 16.8 Å². The Morgan fingerprint density at radius 1 is 1.22 bits per heavy atom. The number of nitrogens with zero attached hydrogens (tertiary/aromatic N) is 6. The van der Waals surface area contributed by atoms with Crippen LogP contribution in [0.1, 0.15) is 24.1 Å². The third kappa shape index (κ3) is 4.83. The summed E-state index contributed by atoms with van der Waals surface area (Å²) in [7, 11) is 0. The van der Waals surface area contributed by atoms with Gasteiger partial charge in [0, 0.05) is 35.8 Å². The van der Waals surface area contributed by atoms with E-state index < -0.39 is 5.69 Å². The van der Waals surface area contributed by atoms with Crippen molar-refractivity contribution in [3.05, 3.63) is 81.4 Å². The van der Waals surface area contributed by atoms with Crippen molar-refractivity contribution in [1.29, 1.82) is 0 Å². The number of nitrogens with one attached hydrogen (secondary N) is 3. The van der Waals surface area contributed by atoms with Crippen molar-refractivity contribution in [2.24, 2.45) is 4.99 Å². The Bertz CT molecular complexity index is 1770. The summed E-state index contributed by atoms with van der Waals surface area (Å²) >= 11 is 1.50. The zero-order valence-electron chi connectivity index (χ0n) is 19.8. The highest BCUT2D eigenvalue weighted by atomic mass is 32.2. The minimum atomic E-state index is -0.493. The van der Waals surface area contributed by atoms with Crippen molar-refractivity contribution in [1.82, 2.24) is 34.5 Å². The molecule has 0 radical (unpaired) electrons. The molecule has 5 aromatic rings. The highest BCUT2D eigenvalue weighted by Crippen LogP contribution is 2.24. The monoisotopic (exact) mass is 513 g/mol. The summed E-state index contributed by atoms with van der Waals surface area (Å²) in [6.45, 7) is 0.519. The third-order valence-corrected chi connectivity index (χ3v) is 6.55. The predicted molar refractivity (Wildman–Crippen MR) is 140 cm³/mol. The third-order valence-electron chi connectivity index (χ3n) is 5.98. The zero-order chi connectivity index (χ0) is 25.4. The number of fused-ring (bicyclic) bond motifs is 1. The van der Waals surface area contributed by atoms with Gasteiger partial charge in [0.25, 0.3) is 0 Å². The maximum atomic E-state index is 11.6. The Hall–Kier alpha value is -4.45. The molecule has 0 amide bonds. The molecule has 0 aliphatic heterocycles. The molecule has 1 aliphatic rings. The number of hydrogen-bond donors (Lipinski definition) is 4. The summed E-state index contributed by atoms with van der Waals surface area (Å²) in [5.74, 6) is 0.394. The van der Waals surface area contributed by atoms with Crippen LogP contribution in [-0.2, 0) is 6.54 Å². The number of imidazole rings is 1. The number of aromatic amines is 2. The van der Waals surface area contributed by atoms with Crippen LogP contribution in [0.3, 0.4) is 0 Å². The molecule has 12 heteroatoms. The lowest BCUT2D eigenvalue weighted by Gasteiger charge is -2.11. The molecule has 1 fully saturated rings. The van der Waals surface area contributed by atoms with Gasteiger partial charge < -0.3 is 15.4 Å². The Balaban J connectivity index is 1.38. The molecular formula is C25H23N9O2S. The summed E-state index contributed by atoms with van der Waals surface area (Å²) in [4.78, 5) is 34.9. The van der Waals surface area contributed by atoms with Crippen molar-refractivity contribution in [3.8, 4) is 17.0 Å². The van der Waals surface area contributed by atoms with Gasteiger partial charge in [-0.25, -0.2) is 19.7 Å². The number of hydrogen-bond acceptors (Lipinski definition) is 9. The van der Waals surface area contributed by atoms with Crippen LogP contribution in [-0.4, -0.2) is 51.9 Å². The van der Waals surface area contributed by atoms with Crippen LogP contribution in [0.25, 0.3) is 22.9 Å². The molecule has 0 saturated heterocycles. The van der Waals surface area contributed by atoms with Crippen molar-refractivity contribution >= 4 is 29.3 Å². The fourth-order valence-corrected chi connectivity index (χ4v) is 4.31. The molecular weight excluding hydrogens is 490 g/mol. The average Bonchev–Trinajstić information content (AvgIpc) is 3.55. The average molecular weight is 514 g/mol. The number of anilines is 1. The predicted octanol–water partition coefficient (Wildman–Crippen LogP) is 1.85. The van der Waals surface area contributed by atoms with Crippen LogP contribution in [0.2, 0.25) is 0 Å². The highest BCUT2D eigenvalue weighted by molar-refractivity contribution is 7.98. The molecule has 0 spiro atoms. The van der Waals surface area contributed by atoms with E-state index in [0.717, 1.165) is 34.7 Å². The second-order valence-corrected chi connectivity index (χ2v) is 9.42. The second-order valence-electron chi connectivity index (χ2n) is 8.65. The molecule has 0 bridgehead atoms. The van der Waals surface area contributed by atoms with Gasteiger partial charge in [0.05, 0.1) is 12.2 Å². The minimum absolute atomic E-state index is 0.243. The molecule has 4 N–H and O–H groups in total. The van der Waals surface area contributed by atoms with Gasteiger partial charge in [-0.05, 0) is 36.3 Å². The molecule has 1 aromatic carbocycles. The van der Waals surface area contributed by atoms with E-state index >= 15 is 0 Å². The summed E-state index contributed by atoms with van der Waals surface area (Å²) < 4.78 is 1.68.